The van der Waals surface area contributed by atoms with Crippen molar-refractivity contribution in [2.75, 3.05) is 24.5 Å². The van der Waals surface area contributed by atoms with Crippen molar-refractivity contribution in [1.82, 2.24) is 10.2 Å². The van der Waals surface area contributed by atoms with Crippen molar-refractivity contribution in [2.45, 2.75) is 63.7 Å². The van der Waals surface area contributed by atoms with E-state index >= 15 is 0 Å². The number of hydrogen-bond acceptors (Lipinski definition) is 5. The minimum absolute atomic E-state index is 0.0947. The lowest BCUT2D eigenvalue weighted by Crippen LogP contribution is -2.52. The van der Waals surface area contributed by atoms with Crippen molar-refractivity contribution >= 4 is 39.1 Å². The molecule has 0 radical (unpaired) electrons. The molecule has 1 N–H and O–H groups in total. The molecule has 0 aromatic heterocycles. The summed E-state index contributed by atoms with van der Waals surface area (Å²) in [7, 11) is -3.09. The topological polar surface area (TPSA) is 96.0 Å². The van der Waals surface area contributed by atoms with Gasteiger partial charge < -0.3 is 15.0 Å². The third-order valence-electron chi connectivity index (χ3n) is 7.13. The van der Waals surface area contributed by atoms with Crippen molar-refractivity contribution in [3.05, 3.63) is 88.4 Å². The monoisotopic (exact) mass is 667 g/mol. The number of unbranched alkanes of at least 4 members (excludes halogenated alkanes) is 1. The number of rotatable bonds is 14. The molecule has 0 spiro atoms. The van der Waals surface area contributed by atoms with E-state index in [9.17, 15) is 31.2 Å². The highest BCUT2D eigenvalue weighted by Crippen LogP contribution is 2.38. The van der Waals surface area contributed by atoms with Crippen molar-refractivity contribution in [3.63, 3.8) is 0 Å². The Bertz CT molecular complexity index is 1580. The van der Waals surface area contributed by atoms with E-state index in [-0.39, 0.29) is 17.9 Å². The Labute approximate surface area is 267 Å². The Morgan fingerprint density at radius 1 is 1.02 bits per heavy atom. The number of ether oxygens (including phenoxy) is 1. The van der Waals surface area contributed by atoms with E-state index in [0.717, 1.165) is 24.1 Å². The molecule has 8 nitrogen and oxygen atoms in total. The summed E-state index contributed by atoms with van der Waals surface area (Å²) >= 11 is 5.83. The van der Waals surface area contributed by atoms with Crippen molar-refractivity contribution in [2.24, 2.45) is 0 Å². The highest BCUT2D eigenvalue weighted by Gasteiger charge is 2.37. The molecule has 0 fully saturated rings. The molecule has 2 amide bonds. The summed E-state index contributed by atoms with van der Waals surface area (Å²) in [5.74, 6) is -0.722. The van der Waals surface area contributed by atoms with Gasteiger partial charge in [0, 0.05) is 13.1 Å². The van der Waals surface area contributed by atoms with E-state index in [0.29, 0.717) is 34.7 Å². The molecule has 0 saturated carbocycles. The number of benzene rings is 3. The summed E-state index contributed by atoms with van der Waals surface area (Å²) in [6, 6.07) is 14.2. The minimum atomic E-state index is -4.89. The lowest BCUT2D eigenvalue weighted by atomic mass is 10.1. The molecule has 0 heterocycles. The Morgan fingerprint density at radius 3 is 2.31 bits per heavy atom. The van der Waals surface area contributed by atoms with Gasteiger partial charge in [0.05, 0.1) is 28.3 Å². The van der Waals surface area contributed by atoms with Crippen LogP contribution in [0.3, 0.4) is 0 Å². The van der Waals surface area contributed by atoms with Gasteiger partial charge in [0.1, 0.15) is 18.3 Å². The molecule has 3 rings (SSSR count). The fraction of sp³-hybridized carbons (Fsp3) is 0.375. The minimum Gasteiger partial charge on any atom is -0.497 e. The molecule has 0 aliphatic heterocycles. The van der Waals surface area contributed by atoms with Crippen LogP contribution in [0.2, 0.25) is 5.02 Å². The molecule has 0 aliphatic carbocycles. The van der Waals surface area contributed by atoms with Crippen LogP contribution in [0.5, 0.6) is 5.75 Å². The van der Waals surface area contributed by atoms with Crippen LogP contribution in [0.1, 0.15) is 49.8 Å². The number of halogens is 4. The van der Waals surface area contributed by atoms with E-state index in [1.165, 1.54) is 24.1 Å². The number of methoxy groups -OCH3 is 1. The van der Waals surface area contributed by atoms with Crippen molar-refractivity contribution < 1.29 is 35.9 Å². The normalized spacial score (nSPS) is 12.4. The number of nitrogens with zero attached hydrogens (tertiary/aromatic N) is 2. The maximum atomic E-state index is 14.2. The summed E-state index contributed by atoms with van der Waals surface area (Å²) in [4.78, 5) is 28.5. The maximum absolute atomic E-state index is 14.2. The van der Waals surface area contributed by atoms with E-state index in [2.05, 4.69) is 5.32 Å². The molecule has 0 saturated heterocycles. The maximum Gasteiger partial charge on any atom is 0.417 e. The van der Waals surface area contributed by atoms with Crippen LogP contribution in [0.25, 0.3) is 0 Å². The molecule has 3 aromatic rings. The van der Waals surface area contributed by atoms with Crippen LogP contribution in [-0.2, 0) is 32.3 Å². The summed E-state index contributed by atoms with van der Waals surface area (Å²) < 4.78 is 75.4. The molecule has 0 bridgehead atoms. The SMILES string of the molecule is CCCCNC(=O)[C@H](CC)N(Cc1cccc(OC)c1)C(=O)CN(c1ccc(Cl)c(C(F)(F)F)c1)S(=O)(=O)c1ccc(C)cc1. The van der Waals surface area contributed by atoms with Gasteiger partial charge in [-0.2, -0.15) is 13.2 Å². The van der Waals surface area contributed by atoms with Gasteiger partial charge in [-0.3, -0.25) is 13.9 Å². The van der Waals surface area contributed by atoms with Gasteiger partial charge in [-0.1, -0.05) is 61.7 Å². The molecular formula is C32H37ClF3N3O5S. The average Bonchev–Trinajstić information content (AvgIpc) is 2.99. The fourth-order valence-corrected chi connectivity index (χ4v) is 6.28. The Balaban J connectivity index is 2.14. The Hall–Kier alpha value is -3.77. The first-order valence-electron chi connectivity index (χ1n) is 14.4. The first kappa shape index (κ1) is 35.7. The average molecular weight is 668 g/mol. The zero-order valence-corrected chi connectivity index (χ0v) is 27.1. The van der Waals surface area contributed by atoms with Gasteiger partial charge in [0.2, 0.25) is 11.8 Å². The molecule has 0 aliphatic rings. The van der Waals surface area contributed by atoms with Crippen LogP contribution in [0, 0.1) is 6.92 Å². The van der Waals surface area contributed by atoms with Gasteiger partial charge in [0.15, 0.2) is 0 Å². The third-order valence-corrected chi connectivity index (χ3v) is 9.25. The number of carbonyl (C=O) groups excluding carboxylic acids is 2. The summed E-state index contributed by atoms with van der Waals surface area (Å²) in [5, 5.41) is 2.20. The van der Waals surface area contributed by atoms with Gasteiger partial charge >= 0.3 is 6.18 Å². The predicted octanol–water partition coefficient (Wildman–Crippen LogP) is 6.59. The van der Waals surface area contributed by atoms with E-state index < -0.39 is 56.9 Å². The number of nitrogens with one attached hydrogen (secondary N) is 1. The number of carbonyl (C=O) groups is 2. The van der Waals surface area contributed by atoms with E-state index in [1.807, 2.05) is 6.92 Å². The van der Waals surface area contributed by atoms with Crippen molar-refractivity contribution in [1.29, 1.82) is 0 Å². The van der Waals surface area contributed by atoms with Crippen LogP contribution in [0.4, 0.5) is 18.9 Å². The second-order valence-electron chi connectivity index (χ2n) is 10.4. The summed E-state index contributed by atoms with van der Waals surface area (Å²) in [5.41, 5.74) is -0.316. The fourth-order valence-electron chi connectivity index (χ4n) is 4.65. The molecule has 3 aromatic carbocycles. The van der Waals surface area contributed by atoms with Crippen molar-refractivity contribution in [3.8, 4) is 5.75 Å². The van der Waals surface area contributed by atoms with E-state index in [1.54, 1.807) is 50.2 Å². The highest BCUT2D eigenvalue weighted by molar-refractivity contribution is 7.92. The summed E-state index contributed by atoms with van der Waals surface area (Å²) in [6.07, 6.45) is -3.15. The predicted molar refractivity (Wildman–Crippen MR) is 168 cm³/mol. The number of alkyl halides is 3. The van der Waals surface area contributed by atoms with Crippen LogP contribution >= 0.6 is 11.6 Å². The standard InChI is InChI=1S/C32H37ClF3N3O5S/c1-5-7-17-37-31(41)29(6-2)38(20-23-9-8-10-25(18-23)44-4)30(40)21-39(45(42,43)26-14-11-22(3)12-15-26)24-13-16-28(33)27(19-24)32(34,35)36/h8-16,18-19,29H,5-7,17,20-21H2,1-4H3,(H,37,41)/t29-/m0/s1. The Morgan fingerprint density at radius 2 is 1.71 bits per heavy atom. The molecule has 244 valence electrons. The first-order valence-corrected chi connectivity index (χ1v) is 16.2. The summed E-state index contributed by atoms with van der Waals surface area (Å²) in [6.45, 7) is 4.82. The smallest absolute Gasteiger partial charge is 0.417 e. The number of aryl methyl sites for hydroxylation is 1. The third kappa shape index (κ3) is 9.13. The molecule has 45 heavy (non-hydrogen) atoms. The number of hydrogen-bond donors (Lipinski definition) is 1. The van der Waals surface area contributed by atoms with Crippen LogP contribution in [-0.4, -0.2) is 51.4 Å². The zero-order valence-electron chi connectivity index (χ0n) is 25.5. The van der Waals surface area contributed by atoms with Gasteiger partial charge in [-0.05, 0) is 67.8 Å². The lowest BCUT2D eigenvalue weighted by Gasteiger charge is -2.33. The number of anilines is 1. The highest BCUT2D eigenvalue weighted by atomic mass is 35.5. The largest absolute Gasteiger partial charge is 0.497 e. The number of amides is 2. The zero-order chi connectivity index (χ0) is 33.4. The second kappa shape index (κ2) is 15.5. The Kier molecular flexibility index (Phi) is 12.3. The van der Waals surface area contributed by atoms with E-state index in [4.69, 9.17) is 16.3 Å². The molecule has 13 heteroatoms. The molecule has 0 unspecified atom stereocenters. The quantitative estimate of drug-likeness (QED) is 0.196. The van der Waals surface area contributed by atoms with Gasteiger partial charge in [-0.25, -0.2) is 8.42 Å². The number of sulfonamides is 1. The van der Waals surface area contributed by atoms with Gasteiger partial charge in [-0.15, -0.1) is 0 Å². The van der Waals surface area contributed by atoms with Crippen LogP contribution < -0.4 is 14.4 Å². The van der Waals surface area contributed by atoms with Gasteiger partial charge in [0.25, 0.3) is 10.0 Å². The molecular weight excluding hydrogens is 631 g/mol. The second-order valence-corrected chi connectivity index (χ2v) is 12.7. The van der Waals surface area contributed by atoms with Crippen LogP contribution in [0.15, 0.2) is 71.6 Å². The lowest BCUT2D eigenvalue weighted by molar-refractivity contribution is -0.140. The first-order chi connectivity index (χ1) is 21.2. The molecule has 1 atom stereocenters.